The van der Waals surface area contributed by atoms with E-state index in [0.717, 1.165) is 27.6 Å². The summed E-state index contributed by atoms with van der Waals surface area (Å²) in [4.78, 5) is 0. The minimum absolute atomic E-state index is 0.214. The monoisotopic (exact) mass is 301 g/mol. The number of nitrogens with two attached hydrogens (primary N) is 1. The fourth-order valence-electron chi connectivity index (χ4n) is 2.22. The average molecular weight is 302 g/mol. The van der Waals surface area contributed by atoms with Crippen molar-refractivity contribution in [2.75, 3.05) is 13.7 Å². The fourth-order valence-corrected chi connectivity index (χ4v) is 2.62. The Hall–Kier alpha value is -0.740. The maximum atomic E-state index is 10.3. The van der Waals surface area contributed by atoms with E-state index in [1.807, 2.05) is 13.8 Å². The Bertz CT molecular complexity index is 419. The molecule has 0 heterocycles. The van der Waals surface area contributed by atoms with Crippen molar-refractivity contribution in [1.29, 1.82) is 0 Å². The quantitative estimate of drug-likeness (QED) is 0.898. The van der Waals surface area contributed by atoms with E-state index in [0.29, 0.717) is 12.3 Å². The smallest absolute Gasteiger partial charge is 0.164 e. The van der Waals surface area contributed by atoms with Gasteiger partial charge < -0.3 is 15.6 Å². The lowest BCUT2D eigenvalue weighted by atomic mass is 9.91. The highest BCUT2D eigenvalue weighted by molar-refractivity contribution is 9.10. The van der Waals surface area contributed by atoms with E-state index in [1.54, 1.807) is 7.11 Å². The van der Waals surface area contributed by atoms with Crippen molar-refractivity contribution < 1.29 is 9.84 Å². The van der Waals surface area contributed by atoms with Gasteiger partial charge in [-0.15, -0.1) is 0 Å². The second kappa shape index (κ2) is 5.74. The summed E-state index contributed by atoms with van der Waals surface area (Å²) < 4.78 is 6.26. The van der Waals surface area contributed by atoms with Gasteiger partial charge in [-0.25, -0.2) is 0 Å². The largest absolute Gasteiger partial charge is 0.504 e. The third-order valence-electron chi connectivity index (χ3n) is 3.17. The molecule has 1 atom stereocenters. The number of phenolic OH excluding ortho intramolecular Hbond substituents is 1. The summed E-state index contributed by atoms with van der Waals surface area (Å²) >= 11 is 3.55. The van der Waals surface area contributed by atoms with Gasteiger partial charge in [-0.3, -0.25) is 0 Å². The first kappa shape index (κ1) is 14.3. The van der Waals surface area contributed by atoms with Crippen LogP contribution in [0.15, 0.2) is 4.47 Å². The highest BCUT2D eigenvalue weighted by Gasteiger charge is 2.22. The molecule has 0 radical (unpaired) electrons. The molecule has 1 aromatic rings. The Morgan fingerprint density at radius 3 is 2.41 bits per heavy atom. The van der Waals surface area contributed by atoms with Gasteiger partial charge in [0.05, 0.1) is 7.11 Å². The predicted molar refractivity (Wildman–Crippen MR) is 73.9 cm³/mol. The van der Waals surface area contributed by atoms with E-state index < -0.39 is 0 Å². The van der Waals surface area contributed by atoms with Crippen LogP contribution in [0.2, 0.25) is 0 Å². The van der Waals surface area contributed by atoms with Gasteiger partial charge in [-0.1, -0.05) is 22.9 Å². The van der Waals surface area contributed by atoms with Gasteiger partial charge in [-0.2, -0.15) is 0 Å². The van der Waals surface area contributed by atoms with E-state index in [9.17, 15) is 5.11 Å². The van der Waals surface area contributed by atoms with Gasteiger partial charge in [0.2, 0.25) is 0 Å². The molecule has 0 saturated carbocycles. The fraction of sp³-hybridized carbons (Fsp3) is 0.538. The summed E-state index contributed by atoms with van der Waals surface area (Å²) in [6, 6.07) is 0. The summed E-state index contributed by atoms with van der Waals surface area (Å²) in [5, 5.41) is 10.3. The molecule has 4 heteroatoms. The topological polar surface area (TPSA) is 55.5 Å². The van der Waals surface area contributed by atoms with Gasteiger partial charge in [0.1, 0.15) is 0 Å². The van der Waals surface area contributed by atoms with Gasteiger partial charge in [0.15, 0.2) is 11.5 Å². The van der Waals surface area contributed by atoms with Crippen LogP contribution in [0.3, 0.4) is 0 Å². The first-order chi connectivity index (χ1) is 7.95. The molecule has 0 saturated heterocycles. The molecular formula is C13H20BrNO2. The zero-order chi connectivity index (χ0) is 13.2. The number of hydrogen-bond acceptors (Lipinski definition) is 3. The number of rotatable bonds is 4. The van der Waals surface area contributed by atoms with E-state index in [4.69, 9.17) is 10.5 Å². The molecule has 17 heavy (non-hydrogen) atoms. The lowest BCUT2D eigenvalue weighted by Crippen LogP contribution is -2.07. The molecule has 1 rings (SSSR count). The van der Waals surface area contributed by atoms with Gasteiger partial charge in [-0.05, 0) is 38.3 Å². The first-order valence-corrected chi connectivity index (χ1v) is 6.50. The lowest BCUT2D eigenvalue weighted by molar-refractivity contribution is 0.365. The lowest BCUT2D eigenvalue weighted by Gasteiger charge is -2.21. The van der Waals surface area contributed by atoms with Crippen molar-refractivity contribution in [2.24, 2.45) is 5.73 Å². The van der Waals surface area contributed by atoms with Crippen LogP contribution < -0.4 is 10.5 Å². The Morgan fingerprint density at radius 1 is 1.35 bits per heavy atom. The molecule has 96 valence electrons. The molecule has 0 bridgehead atoms. The molecular weight excluding hydrogens is 282 g/mol. The summed E-state index contributed by atoms with van der Waals surface area (Å²) in [5.74, 6) is 0.999. The van der Waals surface area contributed by atoms with Crippen molar-refractivity contribution in [3.05, 3.63) is 21.2 Å². The molecule has 0 fully saturated rings. The number of methoxy groups -OCH3 is 1. The van der Waals surface area contributed by atoms with E-state index in [-0.39, 0.29) is 11.7 Å². The maximum Gasteiger partial charge on any atom is 0.164 e. The number of benzene rings is 1. The minimum Gasteiger partial charge on any atom is -0.504 e. The Kier molecular flexibility index (Phi) is 4.83. The van der Waals surface area contributed by atoms with Crippen LogP contribution in [0.25, 0.3) is 0 Å². The molecule has 0 aliphatic rings. The van der Waals surface area contributed by atoms with Crippen molar-refractivity contribution in [1.82, 2.24) is 0 Å². The summed E-state index contributed by atoms with van der Waals surface area (Å²) in [6.07, 6.45) is 0.840. The number of hydrogen-bond donors (Lipinski definition) is 2. The second-order valence-corrected chi connectivity index (χ2v) is 5.13. The van der Waals surface area contributed by atoms with E-state index in [2.05, 4.69) is 22.9 Å². The van der Waals surface area contributed by atoms with Crippen molar-refractivity contribution >= 4 is 15.9 Å². The molecule has 1 unspecified atom stereocenters. The molecule has 0 aliphatic heterocycles. The van der Waals surface area contributed by atoms with Crippen LogP contribution in [0, 0.1) is 13.8 Å². The summed E-state index contributed by atoms with van der Waals surface area (Å²) in [5.41, 5.74) is 8.48. The number of aromatic hydroxyl groups is 1. The van der Waals surface area contributed by atoms with E-state index >= 15 is 0 Å². The third-order valence-corrected chi connectivity index (χ3v) is 4.36. The standard InChI is InChI=1S/C13H20BrNO2/c1-7(5-6-15)10-8(2)11(14)9(3)13(17-4)12(10)16/h7,16H,5-6,15H2,1-4H3. The second-order valence-electron chi connectivity index (χ2n) is 4.34. The zero-order valence-corrected chi connectivity index (χ0v) is 12.4. The summed E-state index contributed by atoms with van der Waals surface area (Å²) in [7, 11) is 1.57. The van der Waals surface area contributed by atoms with Crippen molar-refractivity contribution in [3.63, 3.8) is 0 Å². The molecule has 3 N–H and O–H groups in total. The van der Waals surface area contributed by atoms with Crippen LogP contribution in [0.1, 0.15) is 36.0 Å². The van der Waals surface area contributed by atoms with Gasteiger partial charge in [0.25, 0.3) is 0 Å². The Balaban J connectivity index is 3.44. The summed E-state index contributed by atoms with van der Waals surface area (Å²) in [6.45, 7) is 6.59. The molecule has 0 spiro atoms. The predicted octanol–water partition coefficient (Wildman–Crippen LogP) is 3.23. The maximum absolute atomic E-state index is 10.3. The van der Waals surface area contributed by atoms with Crippen LogP contribution in [-0.2, 0) is 0 Å². The SMILES string of the molecule is COc1c(C)c(Br)c(C)c(C(C)CCN)c1O. The average Bonchev–Trinajstić information content (AvgIpc) is 2.27. The number of halogens is 1. The number of ether oxygens (including phenoxy) is 1. The van der Waals surface area contributed by atoms with Crippen LogP contribution in [0.5, 0.6) is 11.5 Å². The van der Waals surface area contributed by atoms with Gasteiger partial charge in [0, 0.05) is 15.6 Å². The molecule has 3 nitrogen and oxygen atoms in total. The van der Waals surface area contributed by atoms with E-state index in [1.165, 1.54) is 0 Å². The molecule has 0 amide bonds. The van der Waals surface area contributed by atoms with Gasteiger partial charge >= 0.3 is 0 Å². The third kappa shape index (κ3) is 2.58. The highest BCUT2D eigenvalue weighted by atomic mass is 79.9. The molecule has 1 aromatic carbocycles. The first-order valence-electron chi connectivity index (χ1n) is 5.71. The Morgan fingerprint density at radius 2 is 1.94 bits per heavy atom. The molecule has 0 aliphatic carbocycles. The number of phenols is 1. The zero-order valence-electron chi connectivity index (χ0n) is 10.8. The van der Waals surface area contributed by atoms with Crippen molar-refractivity contribution in [2.45, 2.75) is 33.1 Å². The van der Waals surface area contributed by atoms with Crippen LogP contribution in [0.4, 0.5) is 0 Å². The van der Waals surface area contributed by atoms with Crippen LogP contribution in [-0.4, -0.2) is 18.8 Å². The normalized spacial score (nSPS) is 12.6. The highest BCUT2D eigenvalue weighted by Crippen LogP contribution is 2.44. The Labute approximate surface area is 111 Å². The minimum atomic E-state index is 0.214. The van der Waals surface area contributed by atoms with Crippen molar-refractivity contribution in [3.8, 4) is 11.5 Å². The molecule has 0 aromatic heterocycles. The van der Waals surface area contributed by atoms with Crippen LogP contribution >= 0.6 is 15.9 Å².